The predicted octanol–water partition coefficient (Wildman–Crippen LogP) is 1.38. The van der Waals surface area contributed by atoms with Crippen molar-refractivity contribution in [3.63, 3.8) is 0 Å². The fourth-order valence-corrected chi connectivity index (χ4v) is 2.64. The molecule has 0 aromatic carbocycles. The van der Waals surface area contributed by atoms with E-state index in [9.17, 15) is 9.59 Å². The Kier molecular flexibility index (Phi) is 4.34. The van der Waals surface area contributed by atoms with Gasteiger partial charge in [0.1, 0.15) is 0 Å². The van der Waals surface area contributed by atoms with Crippen molar-refractivity contribution in [1.82, 2.24) is 4.90 Å². The summed E-state index contributed by atoms with van der Waals surface area (Å²) in [5.74, 6) is -1.32. The topological polar surface area (TPSA) is 66.8 Å². The highest BCUT2D eigenvalue weighted by Gasteiger charge is 2.31. The van der Waals surface area contributed by atoms with Crippen molar-refractivity contribution in [3.8, 4) is 0 Å². The number of ether oxygens (including phenoxy) is 1. The van der Waals surface area contributed by atoms with Gasteiger partial charge in [-0.05, 0) is 25.1 Å². The van der Waals surface area contributed by atoms with Crippen LogP contribution in [0.4, 0.5) is 0 Å². The number of carboxylic acids is 1. The number of amides is 1. The summed E-state index contributed by atoms with van der Waals surface area (Å²) in [6.45, 7) is 2.73. The van der Waals surface area contributed by atoms with Gasteiger partial charge >= 0.3 is 5.97 Å². The third kappa shape index (κ3) is 3.42. The van der Waals surface area contributed by atoms with E-state index in [-0.39, 0.29) is 12.5 Å². The van der Waals surface area contributed by atoms with E-state index in [2.05, 4.69) is 0 Å². The van der Waals surface area contributed by atoms with Crippen molar-refractivity contribution in [2.24, 2.45) is 0 Å². The fraction of sp³-hybridized carbons (Fsp3) is 0.385. The number of aryl methyl sites for hydroxylation is 1. The van der Waals surface area contributed by atoms with Gasteiger partial charge < -0.3 is 14.7 Å². The van der Waals surface area contributed by atoms with Crippen LogP contribution in [0.2, 0.25) is 0 Å². The molecular weight excluding hydrogens is 266 g/mol. The number of hydrogen-bond donors (Lipinski definition) is 1. The zero-order chi connectivity index (χ0) is 13.8. The lowest BCUT2D eigenvalue weighted by Crippen LogP contribution is -2.52. The molecule has 0 bridgehead atoms. The van der Waals surface area contributed by atoms with Gasteiger partial charge in [0, 0.05) is 22.4 Å². The lowest BCUT2D eigenvalue weighted by atomic mass is 10.2. The molecule has 1 aromatic rings. The molecule has 0 aliphatic carbocycles. The Labute approximate surface area is 115 Å². The second-order valence-corrected chi connectivity index (χ2v) is 5.56. The molecule has 1 fully saturated rings. The second kappa shape index (κ2) is 5.99. The molecule has 2 heterocycles. The first kappa shape index (κ1) is 13.8. The average Bonchev–Trinajstić information content (AvgIpc) is 2.81. The predicted molar refractivity (Wildman–Crippen MR) is 72.0 cm³/mol. The van der Waals surface area contributed by atoms with Crippen LogP contribution >= 0.6 is 11.3 Å². The lowest BCUT2D eigenvalue weighted by Gasteiger charge is -2.31. The largest absolute Gasteiger partial charge is 0.480 e. The minimum atomic E-state index is -1.03. The third-order valence-corrected chi connectivity index (χ3v) is 3.81. The number of thiophene rings is 1. The molecule has 1 N–H and O–H groups in total. The van der Waals surface area contributed by atoms with Gasteiger partial charge in [-0.15, -0.1) is 11.3 Å². The van der Waals surface area contributed by atoms with Crippen LogP contribution < -0.4 is 0 Å². The number of carbonyl (C=O) groups is 2. The third-order valence-electron chi connectivity index (χ3n) is 2.85. The molecule has 5 nitrogen and oxygen atoms in total. The molecule has 0 spiro atoms. The maximum absolute atomic E-state index is 12.0. The number of hydrogen-bond acceptors (Lipinski definition) is 4. The first-order valence-electron chi connectivity index (χ1n) is 5.93. The molecule has 102 valence electrons. The van der Waals surface area contributed by atoms with E-state index in [0.717, 1.165) is 4.88 Å². The van der Waals surface area contributed by atoms with Crippen molar-refractivity contribution in [1.29, 1.82) is 0 Å². The number of aliphatic carboxylic acids is 1. The molecule has 1 atom stereocenters. The summed E-state index contributed by atoms with van der Waals surface area (Å²) in [7, 11) is 0. The summed E-state index contributed by atoms with van der Waals surface area (Å²) >= 11 is 1.58. The van der Waals surface area contributed by atoms with Gasteiger partial charge in [-0.1, -0.05) is 0 Å². The summed E-state index contributed by atoms with van der Waals surface area (Å²) in [6, 6.07) is 3.01. The van der Waals surface area contributed by atoms with Crippen LogP contribution in [0.15, 0.2) is 18.2 Å². The molecule has 19 heavy (non-hydrogen) atoms. The van der Waals surface area contributed by atoms with Crippen molar-refractivity contribution < 1.29 is 19.4 Å². The van der Waals surface area contributed by atoms with E-state index in [1.165, 1.54) is 15.9 Å². The standard InChI is InChI=1S/C13H15NO4S/c1-9-2-3-10(19-9)4-5-12(15)14-6-7-18-8-11(14)13(16)17/h2-5,11H,6-8H2,1H3,(H,16,17). The second-order valence-electron chi connectivity index (χ2n) is 4.24. The Morgan fingerprint density at radius 3 is 2.95 bits per heavy atom. The first-order chi connectivity index (χ1) is 9.08. The Balaban J connectivity index is 2.05. The van der Waals surface area contributed by atoms with Crippen LogP contribution in [0.1, 0.15) is 9.75 Å². The van der Waals surface area contributed by atoms with E-state index in [0.29, 0.717) is 13.2 Å². The molecule has 1 aliphatic rings. The van der Waals surface area contributed by atoms with E-state index < -0.39 is 12.0 Å². The quantitative estimate of drug-likeness (QED) is 0.850. The number of rotatable bonds is 3. The van der Waals surface area contributed by atoms with Crippen LogP contribution in [0.25, 0.3) is 6.08 Å². The summed E-state index contributed by atoms with van der Waals surface area (Å²) in [6.07, 6.45) is 3.14. The monoisotopic (exact) mass is 281 g/mol. The molecule has 1 amide bonds. The van der Waals surface area contributed by atoms with Crippen molar-refractivity contribution in [2.45, 2.75) is 13.0 Å². The van der Waals surface area contributed by atoms with Crippen LogP contribution in [-0.4, -0.2) is 47.7 Å². The van der Waals surface area contributed by atoms with Crippen molar-refractivity contribution in [3.05, 3.63) is 28.0 Å². The van der Waals surface area contributed by atoms with E-state index >= 15 is 0 Å². The van der Waals surface area contributed by atoms with E-state index in [1.54, 1.807) is 17.4 Å². The summed E-state index contributed by atoms with van der Waals surface area (Å²) in [5.41, 5.74) is 0. The fourth-order valence-electron chi connectivity index (χ4n) is 1.86. The Hall–Kier alpha value is -1.66. The molecule has 2 rings (SSSR count). The molecule has 0 radical (unpaired) electrons. The molecular formula is C13H15NO4S. The Morgan fingerprint density at radius 2 is 2.32 bits per heavy atom. The smallest absolute Gasteiger partial charge is 0.328 e. The number of morpholine rings is 1. The first-order valence-corrected chi connectivity index (χ1v) is 6.75. The van der Waals surface area contributed by atoms with Crippen LogP contribution in [0.3, 0.4) is 0 Å². The van der Waals surface area contributed by atoms with Crippen LogP contribution in [0, 0.1) is 6.92 Å². The van der Waals surface area contributed by atoms with Gasteiger partial charge in [0.05, 0.1) is 13.2 Å². The van der Waals surface area contributed by atoms with Crippen molar-refractivity contribution >= 4 is 29.3 Å². The average molecular weight is 281 g/mol. The molecule has 1 saturated heterocycles. The Bertz CT molecular complexity index is 508. The zero-order valence-corrected chi connectivity index (χ0v) is 11.4. The number of carboxylic acid groups (broad SMARTS) is 1. The van der Waals surface area contributed by atoms with Gasteiger partial charge in [-0.3, -0.25) is 4.79 Å². The van der Waals surface area contributed by atoms with Crippen molar-refractivity contribution in [2.75, 3.05) is 19.8 Å². The van der Waals surface area contributed by atoms with Gasteiger partial charge in [-0.2, -0.15) is 0 Å². The minimum Gasteiger partial charge on any atom is -0.480 e. The van der Waals surface area contributed by atoms with Crippen LogP contribution in [0.5, 0.6) is 0 Å². The number of nitrogens with zero attached hydrogens (tertiary/aromatic N) is 1. The maximum Gasteiger partial charge on any atom is 0.328 e. The summed E-state index contributed by atoms with van der Waals surface area (Å²) in [4.78, 5) is 26.6. The molecule has 1 unspecified atom stereocenters. The molecule has 6 heteroatoms. The van der Waals surface area contributed by atoms with Gasteiger partial charge in [0.15, 0.2) is 6.04 Å². The Morgan fingerprint density at radius 1 is 1.53 bits per heavy atom. The highest BCUT2D eigenvalue weighted by Crippen LogP contribution is 2.17. The zero-order valence-electron chi connectivity index (χ0n) is 10.5. The van der Waals surface area contributed by atoms with E-state index in [4.69, 9.17) is 9.84 Å². The van der Waals surface area contributed by atoms with Gasteiger partial charge in [0.25, 0.3) is 0 Å². The van der Waals surface area contributed by atoms with Gasteiger partial charge in [-0.25, -0.2) is 4.79 Å². The number of carbonyl (C=O) groups excluding carboxylic acids is 1. The summed E-state index contributed by atoms with van der Waals surface area (Å²) in [5, 5.41) is 9.05. The lowest BCUT2D eigenvalue weighted by molar-refractivity contribution is -0.156. The highest BCUT2D eigenvalue weighted by atomic mass is 32.1. The SMILES string of the molecule is Cc1ccc(C=CC(=O)N2CCOCC2C(=O)O)s1. The molecule has 1 aliphatic heterocycles. The van der Waals surface area contributed by atoms with Gasteiger partial charge in [0.2, 0.25) is 5.91 Å². The summed E-state index contributed by atoms with van der Waals surface area (Å²) < 4.78 is 5.09. The molecule has 0 saturated carbocycles. The maximum atomic E-state index is 12.0. The minimum absolute atomic E-state index is 0.0486. The highest BCUT2D eigenvalue weighted by molar-refractivity contribution is 7.12. The van der Waals surface area contributed by atoms with E-state index in [1.807, 2.05) is 19.1 Å². The molecule has 1 aromatic heterocycles. The van der Waals surface area contributed by atoms with Crippen LogP contribution in [-0.2, 0) is 14.3 Å². The normalized spacial score (nSPS) is 19.8.